The van der Waals surface area contributed by atoms with Gasteiger partial charge in [-0.1, -0.05) is 6.07 Å². The van der Waals surface area contributed by atoms with Crippen LogP contribution in [0.1, 0.15) is 25.5 Å². The summed E-state index contributed by atoms with van der Waals surface area (Å²) in [4.78, 5) is 14.9. The van der Waals surface area contributed by atoms with Gasteiger partial charge in [-0.2, -0.15) is 0 Å². The minimum atomic E-state index is -0.751. The van der Waals surface area contributed by atoms with Crippen molar-refractivity contribution in [3.63, 3.8) is 0 Å². The quantitative estimate of drug-likeness (QED) is 0.851. The van der Waals surface area contributed by atoms with Gasteiger partial charge in [-0.3, -0.25) is 4.79 Å². The van der Waals surface area contributed by atoms with Crippen molar-refractivity contribution in [2.24, 2.45) is 11.1 Å². The van der Waals surface area contributed by atoms with E-state index in [-0.39, 0.29) is 18.4 Å². The van der Waals surface area contributed by atoms with Crippen molar-refractivity contribution in [2.45, 2.75) is 19.9 Å². The Kier molecular flexibility index (Phi) is 4.61. The van der Waals surface area contributed by atoms with Gasteiger partial charge in [0.25, 0.3) is 0 Å². The van der Waals surface area contributed by atoms with Crippen molar-refractivity contribution in [3.05, 3.63) is 36.0 Å². The summed E-state index contributed by atoms with van der Waals surface area (Å²) in [7, 11) is 1.38. The maximum Gasteiger partial charge on any atom is 0.313 e. The van der Waals surface area contributed by atoms with E-state index in [1.165, 1.54) is 7.11 Å². The first-order chi connectivity index (χ1) is 8.46. The molecule has 1 heterocycles. The predicted molar refractivity (Wildman–Crippen MR) is 78.3 cm³/mol. The van der Waals surface area contributed by atoms with E-state index < -0.39 is 11.5 Å². The lowest BCUT2D eigenvalue weighted by Gasteiger charge is -2.29. The van der Waals surface area contributed by atoms with Crippen molar-refractivity contribution >= 4 is 29.3 Å². The van der Waals surface area contributed by atoms with Crippen LogP contribution in [0.4, 0.5) is 0 Å². The number of halogens is 1. The van der Waals surface area contributed by atoms with E-state index in [9.17, 15) is 4.79 Å². The van der Waals surface area contributed by atoms with Crippen molar-refractivity contribution in [2.75, 3.05) is 7.11 Å². The molecule has 4 nitrogen and oxygen atoms in total. The lowest BCUT2D eigenvalue weighted by molar-refractivity contribution is -0.152. The Hall–Kier alpha value is -1.52. The Labute approximate surface area is 118 Å². The van der Waals surface area contributed by atoms with Crippen LogP contribution in [0.15, 0.2) is 30.5 Å². The van der Waals surface area contributed by atoms with Gasteiger partial charge in [-0.15, -0.1) is 12.4 Å². The zero-order chi connectivity index (χ0) is 13.3. The highest BCUT2D eigenvalue weighted by Gasteiger charge is 2.36. The Bertz CT molecular complexity index is 578. The summed E-state index contributed by atoms with van der Waals surface area (Å²) < 4.78 is 4.81. The monoisotopic (exact) mass is 282 g/mol. The molecule has 0 aliphatic rings. The number of benzene rings is 1. The first-order valence-corrected chi connectivity index (χ1v) is 5.88. The minimum Gasteiger partial charge on any atom is -0.469 e. The largest absolute Gasteiger partial charge is 0.469 e. The van der Waals surface area contributed by atoms with Crippen LogP contribution in [-0.4, -0.2) is 18.1 Å². The molecule has 0 saturated carbocycles. The third-order valence-electron chi connectivity index (χ3n) is 3.43. The molecular weight excluding hydrogens is 264 g/mol. The fraction of sp³-hybridized carbons (Fsp3) is 0.357. The molecule has 1 aromatic carbocycles. The molecule has 2 aromatic rings. The maximum atomic E-state index is 11.8. The topological polar surface area (TPSA) is 68.1 Å². The molecule has 2 rings (SSSR count). The number of aromatic amines is 1. The number of methoxy groups -OCH3 is 1. The normalized spacial score (nSPS) is 12.8. The molecule has 5 heteroatoms. The van der Waals surface area contributed by atoms with E-state index in [1.807, 2.05) is 30.5 Å². The fourth-order valence-electron chi connectivity index (χ4n) is 2.07. The summed E-state index contributed by atoms with van der Waals surface area (Å²) in [6.45, 7) is 3.59. The van der Waals surface area contributed by atoms with Crippen molar-refractivity contribution in [1.82, 2.24) is 4.98 Å². The van der Waals surface area contributed by atoms with Crippen LogP contribution in [0.5, 0.6) is 0 Å². The number of fused-ring (bicyclic) bond motifs is 1. The third kappa shape index (κ3) is 2.74. The van der Waals surface area contributed by atoms with E-state index >= 15 is 0 Å². The summed E-state index contributed by atoms with van der Waals surface area (Å²) in [5, 5.41) is 1.09. The van der Waals surface area contributed by atoms with Gasteiger partial charge in [-0.25, -0.2) is 0 Å². The van der Waals surface area contributed by atoms with E-state index in [2.05, 4.69) is 4.98 Å². The molecule has 0 radical (unpaired) electrons. The summed E-state index contributed by atoms with van der Waals surface area (Å²) in [6, 6.07) is 7.49. The summed E-state index contributed by atoms with van der Waals surface area (Å²) in [5.74, 6) is -0.302. The van der Waals surface area contributed by atoms with Gasteiger partial charge in [0.05, 0.1) is 12.5 Å². The molecule has 1 atom stereocenters. The van der Waals surface area contributed by atoms with Crippen LogP contribution >= 0.6 is 12.4 Å². The summed E-state index contributed by atoms with van der Waals surface area (Å²) in [5.41, 5.74) is 7.43. The lowest BCUT2D eigenvalue weighted by Crippen LogP contribution is -2.37. The van der Waals surface area contributed by atoms with Crippen molar-refractivity contribution < 1.29 is 9.53 Å². The molecule has 0 aliphatic carbocycles. The molecule has 0 fully saturated rings. The fourth-order valence-corrected chi connectivity index (χ4v) is 2.07. The van der Waals surface area contributed by atoms with Gasteiger partial charge >= 0.3 is 5.97 Å². The molecule has 0 amide bonds. The average molecular weight is 283 g/mol. The second-order valence-corrected chi connectivity index (χ2v) is 5.02. The van der Waals surface area contributed by atoms with Gasteiger partial charge < -0.3 is 15.5 Å². The van der Waals surface area contributed by atoms with Crippen LogP contribution in [0.3, 0.4) is 0 Å². The minimum absolute atomic E-state index is 0. The van der Waals surface area contributed by atoms with Gasteiger partial charge in [0.1, 0.15) is 0 Å². The molecule has 0 bridgehead atoms. The highest BCUT2D eigenvalue weighted by molar-refractivity contribution is 5.85. The standard InChI is InChI=1S/C14H18N2O2.ClH/c1-14(2,13(17)18-3)12(15)10-4-5-11-9(8-10)6-7-16-11;/h4-8,12,16H,15H2,1-3H3;1H/t12-;/m0./s1. The van der Waals surface area contributed by atoms with Crippen molar-refractivity contribution in [1.29, 1.82) is 0 Å². The molecule has 19 heavy (non-hydrogen) atoms. The lowest BCUT2D eigenvalue weighted by atomic mass is 9.81. The highest BCUT2D eigenvalue weighted by Crippen LogP contribution is 2.33. The van der Waals surface area contributed by atoms with Gasteiger partial charge in [0.15, 0.2) is 0 Å². The first kappa shape index (κ1) is 15.5. The number of rotatable bonds is 3. The molecule has 0 spiro atoms. The highest BCUT2D eigenvalue weighted by atomic mass is 35.5. The number of carbonyl (C=O) groups is 1. The number of nitrogens with two attached hydrogens (primary N) is 1. The Balaban J connectivity index is 0.00000180. The number of aromatic nitrogens is 1. The van der Waals surface area contributed by atoms with E-state index in [1.54, 1.807) is 13.8 Å². The summed E-state index contributed by atoms with van der Waals surface area (Å²) >= 11 is 0. The van der Waals surface area contributed by atoms with E-state index in [0.717, 1.165) is 16.5 Å². The molecule has 104 valence electrons. The second kappa shape index (κ2) is 5.63. The number of H-pyrrole nitrogens is 1. The van der Waals surface area contributed by atoms with Gasteiger partial charge in [0, 0.05) is 17.8 Å². The van der Waals surface area contributed by atoms with Crippen molar-refractivity contribution in [3.8, 4) is 0 Å². The van der Waals surface area contributed by atoms with Gasteiger partial charge in [-0.05, 0) is 43.0 Å². The van der Waals surface area contributed by atoms with Crippen LogP contribution in [0.25, 0.3) is 10.9 Å². The Morgan fingerprint density at radius 3 is 2.68 bits per heavy atom. The predicted octanol–water partition coefficient (Wildman–Crippen LogP) is 2.79. The average Bonchev–Trinajstić information content (AvgIpc) is 2.83. The molecule has 1 aromatic heterocycles. The molecule has 3 N–H and O–H groups in total. The number of ether oxygens (including phenoxy) is 1. The smallest absolute Gasteiger partial charge is 0.313 e. The zero-order valence-corrected chi connectivity index (χ0v) is 12.1. The van der Waals surface area contributed by atoms with Crippen LogP contribution in [0, 0.1) is 5.41 Å². The Morgan fingerprint density at radius 1 is 1.37 bits per heavy atom. The molecular formula is C14H19ClN2O2. The third-order valence-corrected chi connectivity index (χ3v) is 3.43. The van der Waals surface area contributed by atoms with Crippen LogP contribution in [0.2, 0.25) is 0 Å². The van der Waals surface area contributed by atoms with Crippen LogP contribution in [-0.2, 0) is 9.53 Å². The maximum absolute atomic E-state index is 11.8. The number of carbonyl (C=O) groups excluding carboxylic acids is 1. The zero-order valence-electron chi connectivity index (χ0n) is 11.3. The number of hydrogen-bond acceptors (Lipinski definition) is 3. The molecule has 0 unspecified atom stereocenters. The number of esters is 1. The van der Waals surface area contributed by atoms with Gasteiger partial charge in [0.2, 0.25) is 0 Å². The Morgan fingerprint density at radius 2 is 2.05 bits per heavy atom. The van der Waals surface area contributed by atoms with Crippen LogP contribution < -0.4 is 5.73 Å². The van der Waals surface area contributed by atoms with E-state index in [0.29, 0.717) is 0 Å². The number of nitrogens with one attached hydrogen (secondary N) is 1. The SMILES string of the molecule is COC(=O)C(C)(C)[C@@H](N)c1ccc2[nH]ccc2c1.Cl. The molecule has 0 saturated heterocycles. The second-order valence-electron chi connectivity index (χ2n) is 5.02. The molecule has 0 aliphatic heterocycles. The number of hydrogen-bond donors (Lipinski definition) is 2. The van der Waals surface area contributed by atoms with E-state index in [4.69, 9.17) is 10.5 Å². The first-order valence-electron chi connectivity index (χ1n) is 5.88. The summed E-state index contributed by atoms with van der Waals surface area (Å²) in [6.07, 6.45) is 1.88.